The van der Waals surface area contributed by atoms with Gasteiger partial charge >= 0.3 is 0 Å². The van der Waals surface area contributed by atoms with Crippen LogP contribution in [-0.4, -0.2) is 10.9 Å². The average molecular weight is 242 g/mol. The number of carbonyl (C=O) groups is 1. The number of carbonyl (C=O) groups excluding carboxylic acids is 1. The first-order chi connectivity index (χ1) is 8.48. The summed E-state index contributed by atoms with van der Waals surface area (Å²) in [7, 11) is 0. The van der Waals surface area contributed by atoms with Gasteiger partial charge in [-0.1, -0.05) is 45.0 Å². The van der Waals surface area contributed by atoms with E-state index in [1.54, 1.807) is 6.20 Å². The van der Waals surface area contributed by atoms with Crippen LogP contribution in [-0.2, 0) is 11.3 Å². The third-order valence-corrected chi connectivity index (χ3v) is 2.84. The van der Waals surface area contributed by atoms with Crippen molar-refractivity contribution in [2.45, 2.75) is 27.3 Å². The SMILES string of the molecule is CC(C)(C)C(=O)NCc1cccc2cccnc12. The van der Waals surface area contributed by atoms with E-state index in [1.807, 2.05) is 51.1 Å². The summed E-state index contributed by atoms with van der Waals surface area (Å²) >= 11 is 0. The predicted molar refractivity (Wildman–Crippen MR) is 73.0 cm³/mol. The topological polar surface area (TPSA) is 42.0 Å². The molecule has 0 aliphatic carbocycles. The number of rotatable bonds is 2. The lowest BCUT2D eigenvalue weighted by atomic mass is 9.95. The molecule has 0 saturated heterocycles. The van der Waals surface area contributed by atoms with Gasteiger partial charge < -0.3 is 5.32 Å². The molecule has 18 heavy (non-hydrogen) atoms. The van der Waals surface area contributed by atoms with Crippen LogP contribution >= 0.6 is 0 Å². The fourth-order valence-corrected chi connectivity index (χ4v) is 1.75. The molecule has 0 atom stereocenters. The van der Waals surface area contributed by atoms with Gasteiger partial charge in [0.25, 0.3) is 0 Å². The Morgan fingerprint density at radius 3 is 2.67 bits per heavy atom. The summed E-state index contributed by atoms with van der Waals surface area (Å²) in [5, 5.41) is 4.05. The number of hydrogen-bond donors (Lipinski definition) is 1. The Labute approximate surface area is 107 Å². The largest absolute Gasteiger partial charge is 0.351 e. The van der Waals surface area contributed by atoms with E-state index in [1.165, 1.54) is 0 Å². The molecule has 0 saturated carbocycles. The second-order valence-corrected chi connectivity index (χ2v) is 5.42. The fourth-order valence-electron chi connectivity index (χ4n) is 1.75. The molecule has 2 aromatic rings. The molecule has 3 nitrogen and oxygen atoms in total. The molecule has 0 radical (unpaired) electrons. The molecule has 1 aromatic carbocycles. The molecule has 0 unspecified atom stereocenters. The standard InChI is InChI=1S/C15H18N2O/c1-15(2,3)14(18)17-10-12-7-4-6-11-8-5-9-16-13(11)12/h4-9H,10H2,1-3H3,(H,17,18). The minimum atomic E-state index is -0.363. The molecule has 0 fully saturated rings. The van der Waals surface area contributed by atoms with Crippen molar-refractivity contribution in [1.29, 1.82) is 0 Å². The summed E-state index contributed by atoms with van der Waals surface area (Å²) in [4.78, 5) is 16.2. The van der Waals surface area contributed by atoms with E-state index >= 15 is 0 Å². The van der Waals surface area contributed by atoms with Gasteiger partial charge in [0.1, 0.15) is 0 Å². The second kappa shape index (κ2) is 4.77. The number of aromatic nitrogens is 1. The first-order valence-electron chi connectivity index (χ1n) is 6.09. The van der Waals surface area contributed by atoms with Crippen LogP contribution in [0, 0.1) is 5.41 Å². The van der Waals surface area contributed by atoms with Crippen molar-refractivity contribution in [1.82, 2.24) is 10.3 Å². The molecule has 2 rings (SSSR count). The zero-order valence-electron chi connectivity index (χ0n) is 11.0. The highest BCUT2D eigenvalue weighted by molar-refractivity contribution is 5.84. The van der Waals surface area contributed by atoms with Gasteiger partial charge in [0.15, 0.2) is 0 Å². The molecule has 0 spiro atoms. The molecular weight excluding hydrogens is 224 g/mol. The number of nitrogens with zero attached hydrogens (tertiary/aromatic N) is 1. The summed E-state index contributed by atoms with van der Waals surface area (Å²) in [5.41, 5.74) is 1.64. The van der Waals surface area contributed by atoms with Crippen LogP contribution in [0.3, 0.4) is 0 Å². The van der Waals surface area contributed by atoms with Gasteiger partial charge in [-0.3, -0.25) is 9.78 Å². The van der Waals surface area contributed by atoms with Gasteiger partial charge in [-0.2, -0.15) is 0 Å². The van der Waals surface area contributed by atoms with E-state index in [0.717, 1.165) is 16.5 Å². The Hall–Kier alpha value is -1.90. The maximum atomic E-state index is 11.8. The van der Waals surface area contributed by atoms with Crippen LogP contribution in [0.15, 0.2) is 36.5 Å². The number of fused-ring (bicyclic) bond motifs is 1. The van der Waals surface area contributed by atoms with Crippen LogP contribution in [0.2, 0.25) is 0 Å². The quantitative estimate of drug-likeness (QED) is 0.879. The third kappa shape index (κ3) is 2.67. The Morgan fingerprint density at radius 2 is 1.94 bits per heavy atom. The summed E-state index contributed by atoms with van der Waals surface area (Å²) in [6.07, 6.45) is 1.78. The lowest BCUT2D eigenvalue weighted by Crippen LogP contribution is -2.34. The normalized spacial score (nSPS) is 11.5. The van der Waals surface area contributed by atoms with Crippen LogP contribution in [0.5, 0.6) is 0 Å². The summed E-state index contributed by atoms with van der Waals surface area (Å²) in [6.45, 7) is 6.24. The zero-order chi connectivity index (χ0) is 13.2. The molecule has 1 heterocycles. The van der Waals surface area contributed by atoms with Crippen molar-refractivity contribution in [3.63, 3.8) is 0 Å². The Balaban J connectivity index is 2.20. The highest BCUT2D eigenvalue weighted by Gasteiger charge is 2.20. The zero-order valence-corrected chi connectivity index (χ0v) is 11.0. The number of para-hydroxylation sites is 1. The minimum absolute atomic E-state index is 0.0513. The fraction of sp³-hybridized carbons (Fsp3) is 0.333. The van der Waals surface area contributed by atoms with Gasteiger partial charge in [0.05, 0.1) is 5.52 Å². The molecule has 1 N–H and O–H groups in total. The lowest BCUT2D eigenvalue weighted by molar-refractivity contribution is -0.128. The molecule has 0 aliphatic heterocycles. The number of hydrogen-bond acceptors (Lipinski definition) is 2. The van der Waals surface area contributed by atoms with Crippen molar-refractivity contribution in [3.05, 3.63) is 42.1 Å². The van der Waals surface area contributed by atoms with Crippen LogP contribution < -0.4 is 5.32 Å². The molecule has 94 valence electrons. The van der Waals surface area contributed by atoms with Crippen molar-refractivity contribution >= 4 is 16.8 Å². The smallest absolute Gasteiger partial charge is 0.225 e. The van der Waals surface area contributed by atoms with E-state index in [4.69, 9.17) is 0 Å². The Bertz CT molecular complexity index is 565. The van der Waals surface area contributed by atoms with E-state index in [-0.39, 0.29) is 11.3 Å². The highest BCUT2D eigenvalue weighted by Crippen LogP contribution is 2.17. The Morgan fingerprint density at radius 1 is 1.22 bits per heavy atom. The van der Waals surface area contributed by atoms with Gasteiger partial charge in [0.2, 0.25) is 5.91 Å². The van der Waals surface area contributed by atoms with E-state index < -0.39 is 0 Å². The van der Waals surface area contributed by atoms with Crippen LogP contribution in [0.1, 0.15) is 26.3 Å². The number of amides is 1. The van der Waals surface area contributed by atoms with Crippen LogP contribution in [0.25, 0.3) is 10.9 Å². The van der Waals surface area contributed by atoms with Gasteiger partial charge in [-0.05, 0) is 11.6 Å². The number of benzene rings is 1. The van der Waals surface area contributed by atoms with Crippen molar-refractivity contribution < 1.29 is 4.79 Å². The summed E-state index contributed by atoms with van der Waals surface area (Å²) in [5.74, 6) is 0.0513. The second-order valence-electron chi connectivity index (χ2n) is 5.42. The lowest BCUT2D eigenvalue weighted by Gasteiger charge is -2.17. The van der Waals surface area contributed by atoms with E-state index in [0.29, 0.717) is 6.54 Å². The van der Waals surface area contributed by atoms with Gasteiger partial charge in [-0.25, -0.2) is 0 Å². The monoisotopic (exact) mass is 242 g/mol. The van der Waals surface area contributed by atoms with Crippen molar-refractivity contribution in [2.75, 3.05) is 0 Å². The predicted octanol–water partition coefficient (Wildman–Crippen LogP) is 2.90. The molecule has 1 aromatic heterocycles. The summed E-state index contributed by atoms with van der Waals surface area (Å²) in [6, 6.07) is 9.95. The van der Waals surface area contributed by atoms with Crippen LogP contribution in [0.4, 0.5) is 0 Å². The first kappa shape index (κ1) is 12.6. The Kier molecular flexibility index (Phi) is 3.32. The van der Waals surface area contributed by atoms with Crippen molar-refractivity contribution in [3.8, 4) is 0 Å². The van der Waals surface area contributed by atoms with Crippen molar-refractivity contribution in [2.24, 2.45) is 5.41 Å². The molecule has 1 amide bonds. The van der Waals surface area contributed by atoms with Gasteiger partial charge in [-0.15, -0.1) is 0 Å². The highest BCUT2D eigenvalue weighted by atomic mass is 16.2. The minimum Gasteiger partial charge on any atom is -0.351 e. The molecule has 0 aliphatic rings. The molecular formula is C15H18N2O. The third-order valence-electron chi connectivity index (χ3n) is 2.84. The maximum Gasteiger partial charge on any atom is 0.225 e. The first-order valence-corrected chi connectivity index (χ1v) is 6.09. The average Bonchev–Trinajstić information content (AvgIpc) is 2.34. The number of pyridine rings is 1. The van der Waals surface area contributed by atoms with Gasteiger partial charge in [0, 0.05) is 23.5 Å². The maximum absolute atomic E-state index is 11.8. The van der Waals surface area contributed by atoms with E-state index in [2.05, 4.69) is 10.3 Å². The molecule has 3 heteroatoms. The molecule has 0 bridgehead atoms. The van der Waals surface area contributed by atoms with E-state index in [9.17, 15) is 4.79 Å². The summed E-state index contributed by atoms with van der Waals surface area (Å²) < 4.78 is 0. The number of nitrogens with one attached hydrogen (secondary N) is 1.